The van der Waals surface area contributed by atoms with E-state index in [0.29, 0.717) is 54.7 Å². The fourth-order valence-corrected chi connectivity index (χ4v) is 4.96. The first-order valence-electron chi connectivity index (χ1n) is 12.2. The molecule has 37 heavy (non-hydrogen) atoms. The maximum Gasteiger partial charge on any atom is 0.260 e. The van der Waals surface area contributed by atoms with Gasteiger partial charge in [0.1, 0.15) is 23.2 Å². The molecule has 0 aliphatic carbocycles. The zero-order valence-electron chi connectivity index (χ0n) is 20.4. The largest absolute Gasteiger partial charge is 0.479 e. The van der Waals surface area contributed by atoms with Crippen molar-refractivity contribution in [3.63, 3.8) is 0 Å². The third kappa shape index (κ3) is 4.25. The molecule has 10 nitrogen and oxygen atoms in total. The number of likely N-dealkylation sites (tertiary alicyclic amines) is 1. The van der Waals surface area contributed by atoms with Crippen LogP contribution in [0.25, 0.3) is 27.7 Å². The number of benzene rings is 1. The van der Waals surface area contributed by atoms with Crippen LogP contribution in [-0.2, 0) is 4.74 Å². The van der Waals surface area contributed by atoms with Gasteiger partial charge in [-0.15, -0.1) is 10.2 Å². The Morgan fingerprint density at radius 3 is 2.76 bits per heavy atom. The second-order valence-electron chi connectivity index (χ2n) is 9.52. The van der Waals surface area contributed by atoms with E-state index in [0.717, 1.165) is 17.7 Å². The first kappa shape index (κ1) is 23.9. The Labute approximate surface area is 210 Å². The molecule has 2 aliphatic rings. The minimum atomic E-state index is -2.58. The summed E-state index contributed by atoms with van der Waals surface area (Å²) < 4.78 is 55.3. The smallest absolute Gasteiger partial charge is 0.260 e. The summed E-state index contributed by atoms with van der Waals surface area (Å²) >= 11 is 0. The Morgan fingerprint density at radius 1 is 1.22 bits per heavy atom. The summed E-state index contributed by atoms with van der Waals surface area (Å²) in [7, 11) is 1.51. The predicted molar refractivity (Wildman–Crippen MR) is 130 cm³/mol. The van der Waals surface area contributed by atoms with Gasteiger partial charge in [0, 0.05) is 24.8 Å². The molecule has 0 saturated carbocycles. The fraction of sp³-hybridized carbons (Fsp3) is 0.500. The maximum absolute atomic E-state index is 15.0. The van der Waals surface area contributed by atoms with Crippen LogP contribution in [0.4, 0.5) is 19.1 Å². The van der Waals surface area contributed by atoms with E-state index in [1.54, 1.807) is 22.8 Å². The minimum Gasteiger partial charge on any atom is -0.479 e. The number of hydrogen-bond acceptors (Lipinski definition) is 8. The minimum absolute atomic E-state index is 0.267. The molecule has 0 radical (unpaired) electrons. The highest BCUT2D eigenvalue weighted by Gasteiger charge is 2.35. The number of anilines is 1. The summed E-state index contributed by atoms with van der Waals surface area (Å²) in [5.41, 5.74) is 3.12. The molecular formula is C24H27F3N8O2. The summed E-state index contributed by atoms with van der Waals surface area (Å²) in [5.74, 6) is 0.577. The Hall–Kier alpha value is -3.45. The van der Waals surface area contributed by atoms with Crippen molar-refractivity contribution in [2.45, 2.75) is 44.1 Å². The number of nitrogens with zero attached hydrogens (tertiary/aromatic N) is 7. The molecule has 0 bridgehead atoms. The number of ether oxygens (including phenoxy) is 2. The van der Waals surface area contributed by atoms with E-state index in [9.17, 15) is 13.2 Å². The quantitative estimate of drug-likeness (QED) is 0.400. The van der Waals surface area contributed by atoms with Crippen LogP contribution in [0.2, 0.25) is 0 Å². The molecule has 3 atom stereocenters. The van der Waals surface area contributed by atoms with Crippen LogP contribution in [0.3, 0.4) is 0 Å². The standard InChI is InChI=1S/C24H27F3N8O2/c1-13(22(26)27)35-20-9-14(3-4-19(20)30-32-35)16-5-8-34-21(16)23(36-2)29-24(31-34)28-18-6-7-33(10-17(18)25)15-11-37-12-15/h3-5,8-9,13,15,17-18,22H,6-7,10-12H2,1-2H3,(H,28,31)/t13-,17-,18+/m0/s1. The van der Waals surface area contributed by atoms with Crippen molar-refractivity contribution < 1.29 is 22.6 Å². The number of rotatable bonds is 7. The molecular weight excluding hydrogens is 489 g/mol. The lowest BCUT2D eigenvalue weighted by molar-refractivity contribution is -0.0794. The first-order valence-corrected chi connectivity index (χ1v) is 12.2. The lowest BCUT2D eigenvalue weighted by Crippen LogP contribution is -2.57. The van der Waals surface area contributed by atoms with Gasteiger partial charge >= 0.3 is 0 Å². The third-order valence-electron chi connectivity index (χ3n) is 7.23. The molecule has 0 spiro atoms. The van der Waals surface area contributed by atoms with Crippen molar-refractivity contribution in [1.29, 1.82) is 0 Å². The summed E-state index contributed by atoms with van der Waals surface area (Å²) in [6, 6.07) is 5.96. The lowest BCUT2D eigenvalue weighted by atomic mass is 10.0. The summed E-state index contributed by atoms with van der Waals surface area (Å²) in [5, 5.41) is 15.6. The molecule has 2 fully saturated rings. The number of aromatic nitrogens is 6. The Balaban J connectivity index is 1.29. The van der Waals surface area contributed by atoms with E-state index in [2.05, 4.69) is 30.6 Å². The van der Waals surface area contributed by atoms with Crippen molar-refractivity contribution in [2.24, 2.45) is 0 Å². The molecule has 1 aromatic carbocycles. The average molecular weight is 517 g/mol. The van der Waals surface area contributed by atoms with Crippen molar-refractivity contribution in [1.82, 2.24) is 34.5 Å². The normalized spacial score (nSPS) is 22.0. The zero-order chi connectivity index (χ0) is 25.7. The number of alkyl halides is 3. The average Bonchev–Trinajstić information content (AvgIpc) is 3.47. The number of fused-ring (bicyclic) bond motifs is 2. The topological polar surface area (TPSA) is 94.6 Å². The van der Waals surface area contributed by atoms with Gasteiger partial charge in [0.25, 0.3) is 6.43 Å². The van der Waals surface area contributed by atoms with Gasteiger partial charge in [-0.3, -0.25) is 4.90 Å². The van der Waals surface area contributed by atoms with E-state index in [1.165, 1.54) is 18.7 Å². The number of methoxy groups -OCH3 is 1. The number of hydrogen-bond donors (Lipinski definition) is 1. The van der Waals surface area contributed by atoms with Gasteiger partial charge < -0.3 is 14.8 Å². The van der Waals surface area contributed by atoms with Crippen LogP contribution in [0.5, 0.6) is 5.88 Å². The molecule has 5 heterocycles. The highest BCUT2D eigenvalue weighted by atomic mass is 19.3. The van der Waals surface area contributed by atoms with Crippen molar-refractivity contribution in [3.05, 3.63) is 30.5 Å². The van der Waals surface area contributed by atoms with Crippen LogP contribution in [-0.4, -0.2) is 92.6 Å². The second-order valence-corrected chi connectivity index (χ2v) is 9.52. The van der Waals surface area contributed by atoms with Crippen molar-refractivity contribution in [2.75, 3.05) is 38.7 Å². The molecule has 1 N–H and O–H groups in total. The van der Waals surface area contributed by atoms with Gasteiger partial charge in [-0.2, -0.15) is 4.98 Å². The summed E-state index contributed by atoms with van der Waals surface area (Å²) in [4.78, 5) is 6.65. The number of nitrogens with one attached hydrogen (secondary N) is 1. The first-order chi connectivity index (χ1) is 17.9. The highest BCUT2D eigenvalue weighted by molar-refractivity contribution is 5.89. The van der Waals surface area contributed by atoms with Crippen molar-refractivity contribution >= 4 is 22.5 Å². The molecule has 4 aromatic rings. The predicted octanol–water partition coefficient (Wildman–Crippen LogP) is 3.20. The van der Waals surface area contributed by atoms with Gasteiger partial charge in [-0.1, -0.05) is 11.3 Å². The molecule has 13 heteroatoms. The fourth-order valence-electron chi connectivity index (χ4n) is 4.96. The molecule has 0 amide bonds. The van der Waals surface area contributed by atoms with E-state index in [4.69, 9.17) is 9.47 Å². The molecule has 2 aliphatic heterocycles. The van der Waals surface area contributed by atoms with Crippen LogP contribution in [0.15, 0.2) is 30.5 Å². The zero-order valence-corrected chi connectivity index (χ0v) is 20.4. The van der Waals surface area contributed by atoms with E-state index < -0.39 is 24.7 Å². The number of halogens is 3. The van der Waals surface area contributed by atoms with Crippen LogP contribution in [0, 0.1) is 0 Å². The van der Waals surface area contributed by atoms with Gasteiger partial charge in [0.15, 0.2) is 0 Å². The maximum atomic E-state index is 15.0. The Bertz CT molecular complexity index is 1420. The van der Waals surface area contributed by atoms with Gasteiger partial charge in [-0.25, -0.2) is 22.4 Å². The summed E-state index contributed by atoms with van der Waals surface area (Å²) in [6.45, 7) is 3.84. The highest BCUT2D eigenvalue weighted by Crippen LogP contribution is 2.34. The van der Waals surface area contributed by atoms with Crippen LogP contribution >= 0.6 is 0 Å². The molecule has 6 rings (SSSR count). The molecule has 196 valence electrons. The SMILES string of the molecule is COc1nc(N[C@@H]2CCN(C3COC3)C[C@@H]2F)nn2ccc(-c3ccc4nnn([C@@H](C)C(F)F)c4c3)c12. The van der Waals surface area contributed by atoms with Crippen LogP contribution < -0.4 is 10.1 Å². The third-order valence-corrected chi connectivity index (χ3v) is 7.23. The van der Waals surface area contributed by atoms with E-state index >= 15 is 0 Å². The lowest BCUT2D eigenvalue weighted by Gasteiger charge is -2.42. The Kier molecular flexibility index (Phi) is 6.11. The van der Waals surface area contributed by atoms with Gasteiger partial charge in [-0.05, 0) is 37.1 Å². The molecule has 2 saturated heterocycles. The van der Waals surface area contributed by atoms with Gasteiger partial charge in [0.2, 0.25) is 11.8 Å². The van der Waals surface area contributed by atoms with Crippen LogP contribution in [0.1, 0.15) is 19.4 Å². The van der Waals surface area contributed by atoms with Crippen molar-refractivity contribution in [3.8, 4) is 17.0 Å². The summed E-state index contributed by atoms with van der Waals surface area (Å²) in [6.07, 6.45) is -1.27. The molecule has 3 aromatic heterocycles. The second kappa shape index (κ2) is 9.45. The Morgan fingerprint density at radius 2 is 2.05 bits per heavy atom. The molecule has 0 unspecified atom stereocenters. The van der Waals surface area contributed by atoms with Gasteiger partial charge in [0.05, 0.1) is 37.9 Å². The monoisotopic (exact) mass is 516 g/mol. The number of piperidine rings is 1. The van der Waals surface area contributed by atoms with E-state index in [1.807, 2.05) is 12.1 Å². The van der Waals surface area contributed by atoms with E-state index in [-0.39, 0.29) is 5.95 Å².